The summed E-state index contributed by atoms with van der Waals surface area (Å²) in [7, 11) is -2.29. The van der Waals surface area contributed by atoms with Crippen LogP contribution in [0.15, 0.2) is 62.8 Å². The molecular weight excluding hydrogens is 366 g/mol. The van der Waals surface area contributed by atoms with Gasteiger partial charge in [-0.05, 0) is 51.8 Å². The van der Waals surface area contributed by atoms with Crippen molar-refractivity contribution in [2.75, 3.05) is 7.11 Å². The number of hydrogen-bond donors (Lipinski definition) is 0. The van der Waals surface area contributed by atoms with E-state index in [9.17, 15) is 13.7 Å². The van der Waals surface area contributed by atoms with Gasteiger partial charge >= 0.3 is 0 Å². The van der Waals surface area contributed by atoms with Crippen LogP contribution in [0.3, 0.4) is 0 Å². The maximum Gasteiger partial charge on any atom is 0.216 e. The highest BCUT2D eigenvalue weighted by Crippen LogP contribution is 2.28. The summed E-state index contributed by atoms with van der Waals surface area (Å²) in [5.74, 6) is 0.626. The highest BCUT2D eigenvalue weighted by Gasteiger charge is 2.20. The zero-order chi connectivity index (χ0) is 16.2. The number of sulfone groups is 1. The van der Waals surface area contributed by atoms with Gasteiger partial charge in [-0.3, -0.25) is 0 Å². The second-order valence-electron chi connectivity index (χ2n) is 4.33. The molecule has 0 fully saturated rings. The number of benzene rings is 2. The Bertz CT molecular complexity index is 853. The molecule has 2 aromatic rings. The van der Waals surface area contributed by atoms with E-state index >= 15 is 0 Å². The maximum atomic E-state index is 12.4. The lowest BCUT2D eigenvalue weighted by atomic mass is 10.2. The molecule has 0 heterocycles. The van der Waals surface area contributed by atoms with E-state index in [0.29, 0.717) is 15.8 Å². The van der Waals surface area contributed by atoms with Crippen LogP contribution in [0.1, 0.15) is 5.56 Å². The molecule has 0 spiro atoms. The van der Waals surface area contributed by atoms with Gasteiger partial charge in [-0.1, -0.05) is 24.3 Å². The van der Waals surface area contributed by atoms with Gasteiger partial charge in [-0.25, -0.2) is 8.42 Å². The topological polar surface area (TPSA) is 67.2 Å². The quantitative estimate of drug-likeness (QED) is 0.759. The summed E-state index contributed by atoms with van der Waals surface area (Å²) in [6.07, 6.45) is 1.34. The Balaban J connectivity index is 2.49. The molecule has 22 heavy (non-hydrogen) atoms. The van der Waals surface area contributed by atoms with Crippen LogP contribution in [0.2, 0.25) is 0 Å². The molecule has 0 unspecified atom stereocenters. The standard InChI is InChI=1S/C16H12BrNO3S/c1-21-16-8-7-12(10-15(16)17)9-14(11-18)22(19,20)13-5-3-2-4-6-13/h2-10H,1H3/b14-9-. The van der Waals surface area contributed by atoms with Crippen LogP contribution in [0.4, 0.5) is 0 Å². The zero-order valence-electron chi connectivity index (χ0n) is 11.7. The predicted molar refractivity (Wildman–Crippen MR) is 87.9 cm³/mol. The van der Waals surface area contributed by atoms with Crippen molar-refractivity contribution in [3.8, 4) is 11.8 Å². The maximum absolute atomic E-state index is 12.4. The van der Waals surface area contributed by atoms with Crippen molar-refractivity contribution in [1.29, 1.82) is 5.26 Å². The van der Waals surface area contributed by atoms with E-state index < -0.39 is 9.84 Å². The Morgan fingerprint density at radius 1 is 1.23 bits per heavy atom. The molecule has 2 rings (SSSR count). The van der Waals surface area contributed by atoms with Crippen LogP contribution < -0.4 is 4.74 Å². The lowest BCUT2D eigenvalue weighted by molar-refractivity contribution is 0.412. The first kappa shape index (κ1) is 16.3. The molecule has 112 valence electrons. The van der Waals surface area contributed by atoms with E-state index in [4.69, 9.17) is 4.74 Å². The summed E-state index contributed by atoms with van der Waals surface area (Å²) < 4.78 is 30.7. The van der Waals surface area contributed by atoms with Crippen molar-refractivity contribution < 1.29 is 13.2 Å². The fourth-order valence-electron chi connectivity index (χ4n) is 1.82. The van der Waals surface area contributed by atoms with E-state index in [1.807, 2.05) is 0 Å². The fourth-order valence-corrected chi connectivity index (χ4v) is 3.56. The number of hydrogen-bond acceptors (Lipinski definition) is 4. The van der Waals surface area contributed by atoms with Crippen LogP contribution in [-0.4, -0.2) is 15.5 Å². The summed E-state index contributed by atoms with van der Waals surface area (Å²) in [5, 5.41) is 9.22. The second kappa shape index (κ2) is 6.77. The molecular formula is C16H12BrNO3S. The molecule has 0 aliphatic heterocycles. The third kappa shape index (κ3) is 3.38. The Hall–Kier alpha value is -2.10. The number of halogens is 1. The van der Waals surface area contributed by atoms with Gasteiger partial charge in [0.25, 0.3) is 0 Å². The highest BCUT2D eigenvalue weighted by atomic mass is 79.9. The molecule has 0 radical (unpaired) electrons. The van der Waals surface area contributed by atoms with Crippen molar-refractivity contribution in [1.82, 2.24) is 0 Å². The number of rotatable bonds is 4. The monoisotopic (exact) mass is 377 g/mol. The van der Waals surface area contributed by atoms with Gasteiger partial charge in [0.05, 0.1) is 16.5 Å². The molecule has 2 aromatic carbocycles. The van der Waals surface area contributed by atoms with Gasteiger partial charge in [-0.2, -0.15) is 5.26 Å². The number of allylic oxidation sites excluding steroid dienone is 1. The minimum Gasteiger partial charge on any atom is -0.496 e. The average Bonchev–Trinajstić information content (AvgIpc) is 2.53. The molecule has 0 amide bonds. The van der Waals surface area contributed by atoms with Crippen LogP contribution in [0.25, 0.3) is 6.08 Å². The highest BCUT2D eigenvalue weighted by molar-refractivity contribution is 9.10. The normalized spacial score (nSPS) is 11.8. The molecule has 0 aromatic heterocycles. The van der Waals surface area contributed by atoms with E-state index in [-0.39, 0.29) is 9.80 Å². The third-order valence-electron chi connectivity index (χ3n) is 2.93. The largest absolute Gasteiger partial charge is 0.496 e. The Morgan fingerprint density at radius 3 is 2.45 bits per heavy atom. The molecule has 0 saturated carbocycles. The number of methoxy groups -OCH3 is 1. The average molecular weight is 378 g/mol. The van der Waals surface area contributed by atoms with Gasteiger partial charge < -0.3 is 4.74 Å². The first-order chi connectivity index (χ1) is 10.5. The van der Waals surface area contributed by atoms with E-state index in [2.05, 4.69) is 15.9 Å². The van der Waals surface area contributed by atoms with E-state index in [1.165, 1.54) is 25.3 Å². The lowest BCUT2D eigenvalue weighted by Gasteiger charge is -2.05. The van der Waals surface area contributed by atoms with Crippen LogP contribution in [0, 0.1) is 11.3 Å². The lowest BCUT2D eigenvalue weighted by Crippen LogP contribution is -2.03. The Morgan fingerprint density at radius 2 is 1.91 bits per heavy atom. The minimum absolute atomic E-state index is 0.0929. The van der Waals surface area contributed by atoms with Crippen LogP contribution in [-0.2, 0) is 9.84 Å². The molecule has 0 saturated heterocycles. The van der Waals surface area contributed by atoms with Crippen molar-refractivity contribution >= 4 is 31.8 Å². The molecule has 6 heteroatoms. The summed E-state index contributed by atoms with van der Waals surface area (Å²) in [5.41, 5.74) is 0.587. The van der Waals surface area contributed by atoms with Gasteiger partial charge in [0.1, 0.15) is 16.7 Å². The second-order valence-corrected chi connectivity index (χ2v) is 7.10. The van der Waals surface area contributed by atoms with E-state index in [0.717, 1.165) is 0 Å². The van der Waals surface area contributed by atoms with Gasteiger partial charge in [0.15, 0.2) is 0 Å². The van der Waals surface area contributed by atoms with Gasteiger partial charge in [0.2, 0.25) is 9.84 Å². The fraction of sp³-hybridized carbons (Fsp3) is 0.0625. The van der Waals surface area contributed by atoms with Crippen LogP contribution >= 0.6 is 15.9 Å². The minimum atomic E-state index is -3.82. The molecule has 0 bridgehead atoms. The first-order valence-corrected chi connectivity index (χ1v) is 8.52. The zero-order valence-corrected chi connectivity index (χ0v) is 14.1. The smallest absolute Gasteiger partial charge is 0.216 e. The summed E-state index contributed by atoms with van der Waals surface area (Å²) in [6, 6.07) is 14.7. The number of nitrogens with zero attached hydrogens (tertiary/aromatic N) is 1. The summed E-state index contributed by atoms with van der Waals surface area (Å²) >= 11 is 3.33. The molecule has 0 N–H and O–H groups in total. The Kier molecular flexibility index (Phi) is 5.01. The van der Waals surface area contributed by atoms with Gasteiger partial charge in [-0.15, -0.1) is 0 Å². The predicted octanol–water partition coefficient (Wildman–Crippen LogP) is 3.80. The molecule has 0 aliphatic carbocycles. The molecule has 0 aliphatic rings. The van der Waals surface area contributed by atoms with E-state index in [1.54, 1.807) is 42.5 Å². The van der Waals surface area contributed by atoms with Crippen molar-refractivity contribution in [2.24, 2.45) is 0 Å². The summed E-state index contributed by atoms with van der Waals surface area (Å²) in [4.78, 5) is -0.217. The number of nitriles is 1. The summed E-state index contributed by atoms with van der Waals surface area (Å²) in [6.45, 7) is 0. The van der Waals surface area contributed by atoms with Gasteiger partial charge in [0, 0.05) is 0 Å². The first-order valence-electron chi connectivity index (χ1n) is 6.24. The number of ether oxygens (including phenoxy) is 1. The SMILES string of the molecule is COc1ccc(/C=C(/C#N)S(=O)(=O)c2ccccc2)cc1Br. The molecule has 0 atom stereocenters. The van der Waals surface area contributed by atoms with Crippen molar-refractivity contribution in [2.45, 2.75) is 4.90 Å². The van der Waals surface area contributed by atoms with Crippen molar-refractivity contribution in [3.63, 3.8) is 0 Å². The Labute approximate surface area is 137 Å². The van der Waals surface area contributed by atoms with Crippen molar-refractivity contribution in [3.05, 3.63) is 63.5 Å². The molecule has 4 nitrogen and oxygen atoms in total. The van der Waals surface area contributed by atoms with Crippen LogP contribution in [0.5, 0.6) is 5.75 Å². The third-order valence-corrected chi connectivity index (χ3v) is 5.23.